The van der Waals surface area contributed by atoms with Gasteiger partial charge in [-0.05, 0) is 19.5 Å². The lowest BCUT2D eigenvalue weighted by atomic mass is 10.0. The average Bonchev–Trinajstić information content (AvgIpc) is 2.67. The van der Waals surface area contributed by atoms with E-state index in [2.05, 4.69) is 15.6 Å². The van der Waals surface area contributed by atoms with Gasteiger partial charge in [0, 0.05) is 16.6 Å². The Morgan fingerprint density at radius 1 is 1.33 bits per heavy atom. The van der Waals surface area contributed by atoms with Crippen LogP contribution in [0.1, 0.15) is 24.2 Å². The molecule has 92 valence electrons. The van der Waals surface area contributed by atoms with Gasteiger partial charge in [0.05, 0.1) is 11.2 Å². The van der Waals surface area contributed by atoms with Gasteiger partial charge in [-0.2, -0.15) is 0 Å². The molecule has 1 unspecified atom stereocenters. The topological polar surface area (TPSA) is 54.0 Å². The largest absolute Gasteiger partial charge is 0.322 e. The van der Waals surface area contributed by atoms with Crippen molar-refractivity contribution in [1.29, 1.82) is 0 Å². The van der Waals surface area contributed by atoms with Crippen LogP contribution in [-0.4, -0.2) is 17.4 Å². The maximum absolute atomic E-state index is 11.9. The summed E-state index contributed by atoms with van der Waals surface area (Å²) in [6.45, 7) is 4.71. The molecule has 1 aliphatic rings. The summed E-state index contributed by atoms with van der Waals surface area (Å²) in [6, 6.07) is 7.78. The van der Waals surface area contributed by atoms with Crippen molar-refractivity contribution in [3.63, 3.8) is 0 Å². The van der Waals surface area contributed by atoms with Crippen LogP contribution in [0, 0.1) is 6.92 Å². The number of carbonyl (C=O) groups excluding carboxylic acids is 1. The van der Waals surface area contributed by atoms with Crippen LogP contribution in [0.15, 0.2) is 24.3 Å². The fourth-order valence-corrected chi connectivity index (χ4v) is 2.42. The van der Waals surface area contributed by atoms with Crippen LogP contribution in [0.3, 0.4) is 0 Å². The second kappa shape index (κ2) is 4.07. The van der Waals surface area contributed by atoms with Crippen molar-refractivity contribution >= 4 is 22.5 Å². The Bertz CT molecular complexity index is 636. The molecule has 2 heterocycles. The molecule has 0 bridgehead atoms. The number of amides is 1. The number of aryl methyl sites for hydroxylation is 1. The minimum absolute atomic E-state index is 0.00246. The molecule has 1 amide bonds. The number of benzene rings is 1. The van der Waals surface area contributed by atoms with Gasteiger partial charge >= 0.3 is 0 Å². The van der Waals surface area contributed by atoms with Gasteiger partial charge in [0.2, 0.25) is 5.91 Å². The molecule has 0 saturated heterocycles. The molecule has 1 aromatic carbocycles. The van der Waals surface area contributed by atoms with Crippen molar-refractivity contribution in [3.8, 4) is 0 Å². The van der Waals surface area contributed by atoms with E-state index >= 15 is 0 Å². The van der Waals surface area contributed by atoms with Gasteiger partial charge in [-0.1, -0.05) is 25.1 Å². The van der Waals surface area contributed by atoms with Crippen LogP contribution in [0.5, 0.6) is 0 Å². The first-order valence-electron chi connectivity index (χ1n) is 6.15. The quantitative estimate of drug-likeness (QED) is 0.847. The summed E-state index contributed by atoms with van der Waals surface area (Å²) in [5, 5.41) is 7.18. The van der Waals surface area contributed by atoms with E-state index in [9.17, 15) is 4.79 Å². The first-order valence-corrected chi connectivity index (χ1v) is 6.15. The molecule has 0 fully saturated rings. The number of hydrogen-bond donors (Lipinski definition) is 2. The summed E-state index contributed by atoms with van der Waals surface area (Å²) in [7, 11) is 0. The highest BCUT2D eigenvalue weighted by molar-refractivity contribution is 6.10. The monoisotopic (exact) mass is 241 g/mol. The van der Waals surface area contributed by atoms with E-state index in [0.717, 1.165) is 34.4 Å². The fourth-order valence-electron chi connectivity index (χ4n) is 2.42. The van der Waals surface area contributed by atoms with Crippen molar-refractivity contribution in [2.75, 3.05) is 11.9 Å². The Labute approximate surface area is 105 Å². The maximum atomic E-state index is 11.9. The minimum atomic E-state index is -0.253. The lowest BCUT2D eigenvalue weighted by Crippen LogP contribution is -2.27. The van der Waals surface area contributed by atoms with E-state index < -0.39 is 0 Å². The second-order valence-corrected chi connectivity index (χ2v) is 4.53. The molecule has 2 aromatic rings. The van der Waals surface area contributed by atoms with E-state index in [1.807, 2.05) is 38.1 Å². The Kier molecular flexibility index (Phi) is 2.52. The number of nitrogens with one attached hydrogen (secondary N) is 2. The Balaban J connectivity index is 2.22. The zero-order valence-corrected chi connectivity index (χ0v) is 10.4. The summed E-state index contributed by atoms with van der Waals surface area (Å²) >= 11 is 0. The lowest BCUT2D eigenvalue weighted by molar-refractivity contribution is -0.117. The molecule has 1 aliphatic heterocycles. The molecule has 0 saturated carbocycles. The van der Waals surface area contributed by atoms with Crippen LogP contribution in [0.25, 0.3) is 10.9 Å². The number of fused-ring (bicyclic) bond motifs is 3. The van der Waals surface area contributed by atoms with Gasteiger partial charge in [-0.3, -0.25) is 9.78 Å². The van der Waals surface area contributed by atoms with Gasteiger partial charge in [-0.25, -0.2) is 0 Å². The standard InChI is InChI=1S/C14H15N3O/c1-3-15-13-10-7-6-9-5-4-8(2)16-11(9)12(10)17-14(13)18/h4-7,13,15H,3H2,1-2H3,(H,17,18). The van der Waals surface area contributed by atoms with Gasteiger partial charge in [0.15, 0.2) is 0 Å². The van der Waals surface area contributed by atoms with Gasteiger partial charge in [-0.15, -0.1) is 0 Å². The van der Waals surface area contributed by atoms with Crippen LogP contribution < -0.4 is 10.6 Å². The van der Waals surface area contributed by atoms with Gasteiger partial charge < -0.3 is 10.6 Å². The average molecular weight is 241 g/mol. The summed E-state index contributed by atoms with van der Waals surface area (Å²) < 4.78 is 0. The van der Waals surface area contributed by atoms with Gasteiger partial charge in [0.25, 0.3) is 0 Å². The molecule has 4 nitrogen and oxygen atoms in total. The third-order valence-corrected chi connectivity index (χ3v) is 3.26. The molecule has 0 spiro atoms. The summed E-state index contributed by atoms with van der Waals surface area (Å²) in [5.74, 6) is 0.00246. The molecule has 3 rings (SSSR count). The number of nitrogens with zero attached hydrogens (tertiary/aromatic N) is 1. The summed E-state index contributed by atoms with van der Waals surface area (Å²) in [6.07, 6.45) is 0. The molecule has 0 radical (unpaired) electrons. The Morgan fingerprint density at radius 2 is 2.11 bits per heavy atom. The normalized spacial score (nSPS) is 17.9. The number of aromatic nitrogens is 1. The molecule has 4 heteroatoms. The molecule has 1 atom stereocenters. The second-order valence-electron chi connectivity index (χ2n) is 4.53. The van der Waals surface area contributed by atoms with Crippen LogP contribution in [0.4, 0.5) is 5.69 Å². The van der Waals surface area contributed by atoms with Crippen molar-refractivity contribution < 1.29 is 4.79 Å². The molecular weight excluding hydrogens is 226 g/mol. The van der Waals surface area contributed by atoms with E-state index in [1.165, 1.54) is 0 Å². The first-order chi connectivity index (χ1) is 8.70. The Hall–Kier alpha value is -1.94. The fraction of sp³-hybridized carbons (Fsp3) is 0.286. The number of pyridine rings is 1. The third kappa shape index (κ3) is 1.57. The van der Waals surface area contributed by atoms with Crippen molar-refractivity contribution in [3.05, 3.63) is 35.5 Å². The van der Waals surface area contributed by atoms with E-state index in [0.29, 0.717) is 0 Å². The number of rotatable bonds is 2. The molecular formula is C14H15N3O. The zero-order valence-electron chi connectivity index (χ0n) is 10.4. The zero-order chi connectivity index (χ0) is 12.7. The van der Waals surface area contributed by atoms with Crippen LogP contribution in [-0.2, 0) is 4.79 Å². The summed E-state index contributed by atoms with van der Waals surface area (Å²) in [5.41, 5.74) is 3.68. The highest BCUT2D eigenvalue weighted by atomic mass is 16.2. The van der Waals surface area contributed by atoms with Crippen molar-refractivity contribution in [2.45, 2.75) is 19.9 Å². The van der Waals surface area contributed by atoms with E-state index in [-0.39, 0.29) is 11.9 Å². The number of carbonyl (C=O) groups is 1. The molecule has 2 N–H and O–H groups in total. The Morgan fingerprint density at radius 3 is 2.89 bits per heavy atom. The third-order valence-electron chi connectivity index (χ3n) is 3.26. The minimum Gasteiger partial charge on any atom is -0.322 e. The van der Waals surface area contributed by atoms with Crippen molar-refractivity contribution in [1.82, 2.24) is 10.3 Å². The highest BCUT2D eigenvalue weighted by Crippen LogP contribution is 2.36. The lowest BCUT2D eigenvalue weighted by Gasteiger charge is -2.09. The van der Waals surface area contributed by atoms with E-state index in [1.54, 1.807) is 0 Å². The van der Waals surface area contributed by atoms with Gasteiger partial charge in [0.1, 0.15) is 6.04 Å². The maximum Gasteiger partial charge on any atom is 0.246 e. The predicted molar refractivity (Wildman–Crippen MR) is 71.5 cm³/mol. The molecule has 1 aromatic heterocycles. The SMILES string of the molecule is CCNC1C(=O)Nc2c1ccc1ccc(C)nc21. The molecule has 0 aliphatic carbocycles. The van der Waals surface area contributed by atoms with Crippen LogP contribution >= 0.6 is 0 Å². The first kappa shape index (κ1) is 11.2. The van der Waals surface area contributed by atoms with Crippen LogP contribution in [0.2, 0.25) is 0 Å². The number of anilines is 1. The molecule has 18 heavy (non-hydrogen) atoms. The van der Waals surface area contributed by atoms with E-state index in [4.69, 9.17) is 0 Å². The number of hydrogen-bond acceptors (Lipinski definition) is 3. The highest BCUT2D eigenvalue weighted by Gasteiger charge is 2.31. The number of likely N-dealkylation sites (N-methyl/N-ethyl adjacent to an activating group) is 1. The van der Waals surface area contributed by atoms with Crippen molar-refractivity contribution in [2.24, 2.45) is 0 Å². The smallest absolute Gasteiger partial charge is 0.246 e. The predicted octanol–water partition coefficient (Wildman–Crippen LogP) is 2.15. The summed E-state index contributed by atoms with van der Waals surface area (Å²) in [4.78, 5) is 16.5.